The van der Waals surface area contributed by atoms with Crippen LogP contribution in [0.4, 0.5) is 10.1 Å². The summed E-state index contributed by atoms with van der Waals surface area (Å²) < 4.78 is 39.7. The van der Waals surface area contributed by atoms with Crippen LogP contribution in [0.25, 0.3) is 0 Å². The monoisotopic (exact) mass is 351 g/mol. The van der Waals surface area contributed by atoms with Crippen molar-refractivity contribution in [1.29, 1.82) is 0 Å². The lowest BCUT2D eigenvalue weighted by atomic mass is 10.1. The number of hydrogen-bond donors (Lipinski definition) is 2. The second kappa shape index (κ2) is 6.98. The van der Waals surface area contributed by atoms with Gasteiger partial charge in [0.25, 0.3) is 5.91 Å². The number of nitrogens with one attached hydrogen (secondary N) is 1. The Balaban J connectivity index is 2.42. The van der Waals surface area contributed by atoms with Crippen LogP contribution in [0.15, 0.2) is 42.5 Å². The molecule has 2 rings (SSSR count). The highest BCUT2D eigenvalue weighted by Crippen LogP contribution is 2.25. The number of hydrogen-bond acceptors (Lipinski definition) is 4. The van der Waals surface area contributed by atoms with E-state index < -0.39 is 21.7 Å². The van der Waals surface area contributed by atoms with E-state index in [0.717, 1.165) is 22.2 Å². The number of carbonyl (C=O) groups excluding carboxylic acids is 1. The second-order valence-electron chi connectivity index (χ2n) is 5.34. The molecule has 3 N–H and O–H groups in total. The minimum absolute atomic E-state index is 0.0561. The van der Waals surface area contributed by atoms with Crippen molar-refractivity contribution in [1.82, 2.24) is 5.43 Å². The molecule has 0 atom stereocenters. The van der Waals surface area contributed by atoms with Crippen LogP contribution < -0.4 is 15.6 Å². The number of benzene rings is 2. The summed E-state index contributed by atoms with van der Waals surface area (Å²) in [7, 11) is -3.62. The summed E-state index contributed by atoms with van der Waals surface area (Å²) in [6.45, 7) is 1.60. The number of sulfonamides is 1. The summed E-state index contributed by atoms with van der Waals surface area (Å²) in [5, 5.41) is 0. The number of amides is 1. The Morgan fingerprint density at radius 1 is 1.25 bits per heavy atom. The molecular formula is C16H18FN3O3S. The fourth-order valence-corrected chi connectivity index (χ4v) is 3.21. The minimum atomic E-state index is -3.62. The Morgan fingerprint density at radius 2 is 1.92 bits per heavy atom. The summed E-state index contributed by atoms with van der Waals surface area (Å²) in [6.07, 6.45) is 1.06. The predicted octanol–water partition coefficient (Wildman–Crippen LogP) is 1.70. The molecule has 2 aromatic rings. The molecular weight excluding hydrogens is 333 g/mol. The molecule has 0 saturated heterocycles. The number of hydrazine groups is 1. The van der Waals surface area contributed by atoms with E-state index in [2.05, 4.69) is 0 Å². The van der Waals surface area contributed by atoms with Gasteiger partial charge < -0.3 is 0 Å². The van der Waals surface area contributed by atoms with Crippen molar-refractivity contribution in [2.45, 2.75) is 13.5 Å². The number of carbonyl (C=O) groups is 1. The first-order valence-corrected chi connectivity index (χ1v) is 8.91. The molecule has 0 unspecified atom stereocenters. The van der Waals surface area contributed by atoms with Crippen molar-refractivity contribution in [2.24, 2.45) is 5.84 Å². The van der Waals surface area contributed by atoms with Gasteiger partial charge in [-0.15, -0.1) is 0 Å². The van der Waals surface area contributed by atoms with E-state index in [-0.39, 0.29) is 17.7 Å². The standard InChI is InChI=1S/C16H18FN3O3S/c1-11-5-3-4-6-15(11)20(24(2,22)23)10-13-8-7-12(9-14(13)17)16(21)19-18/h3-9H,10,18H2,1-2H3,(H,19,21). The second-order valence-corrected chi connectivity index (χ2v) is 7.24. The van der Waals surface area contributed by atoms with Crippen LogP contribution >= 0.6 is 0 Å². The van der Waals surface area contributed by atoms with E-state index in [4.69, 9.17) is 5.84 Å². The van der Waals surface area contributed by atoms with Gasteiger partial charge in [0.2, 0.25) is 10.0 Å². The summed E-state index contributed by atoms with van der Waals surface area (Å²) in [5.41, 5.74) is 3.35. The van der Waals surface area contributed by atoms with Crippen molar-refractivity contribution in [2.75, 3.05) is 10.6 Å². The molecule has 0 heterocycles. The number of nitrogens with two attached hydrogens (primary N) is 1. The van der Waals surface area contributed by atoms with Gasteiger partial charge in [-0.05, 0) is 30.7 Å². The number of rotatable bonds is 5. The third-order valence-corrected chi connectivity index (χ3v) is 4.67. The number of anilines is 1. The maximum Gasteiger partial charge on any atom is 0.265 e. The van der Waals surface area contributed by atoms with Gasteiger partial charge in [0.05, 0.1) is 18.5 Å². The molecule has 1 amide bonds. The van der Waals surface area contributed by atoms with E-state index in [9.17, 15) is 17.6 Å². The highest BCUT2D eigenvalue weighted by molar-refractivity contribution is 7.92. The number of nitrogen functional groups attached to an aromatic ring is 1. The SMILES string of the molecule is Cc1ccccc1N(Cc1ccc(C(=O)NN)cc1F)S(C)(=O)=O. The zero-order valence-electron chi connectivity index (χ0n) is 13.3. The molecule has 0 aromatic heterocycles. The van der Waals surface area contributed by atoms with Crippen LogP contribution in [-0.4, -0.2) is 20.6 Å². The minimum Gasteiger partial charge on any atom is -0.290 e. The number of aryl methyl sites for hydroxylation is 1. The third-order valence-electron chi connectivity index (χ3n) is 3.54. The first kappa shape index (κ1) is 17.9. The van der Waals surface area contributed by atoms with Crippen LogP contribution in [0.1, 0.15) is 21.5 Å². The maximum atomic E-state index is 14.3. The third kappa shape index (κ3) is 3.90. The molecule has 2 aromatic carbocycles. The van der Waals surface area contributed by atoms with Gasteiger partial charge in [0.15, 0.2) is 0 Å². The summed E-state index contributed by atoms with van der Waals surface area (Å²) in [6, 6.07) is 10.7. The van der Waals surface area contributed by atoms with Crippen molar-refractivity contribution >= 4 is 21.6 Å². The normalized spacial score (nSPS) is 11.2. The van der Waals surface area contributed by atoms with Crippen molar-refractivity contribution in [3.8, 4) is 0 Å². The van der Waals surface area contributed by atoms with Gasteiger partial charge in [0, 0.05) is 11.1 Å². The number of halogens is 1. The number of para-hydroxylation sites is 1. The van der Waals surface area contributed by atoms with Crippen molar-refractivity contribution < 1.29 is 17.6 Å². The number of nitrogens with zero attached hydrogens (tertiary/aromatic N) is 1. The Labute approximate surface area is 140 Å². The van der Waals surface area contributed by atoms with Gasteiger partial charge in [-0.3, -0.25) is 14.5 Å². The first-order valence-electron chi connectivity index (χ1n) is 7.06. The fourth-order valence-electron chi connectivity index (χ4n) is 2.28. The molecule has 0 aliphatic rings. The maximum absolute atomic E-state index is 14.3. The smallest absolute Gasteiger partial charge is 0.265 e. The predicted molar refractivity (Wildman–Crippen MR) is 90.3 cm³/mol. The average molecular weight is 351 g/mol. The molecule has 6 nitrogen and oxygen atoms in total. The van der Waals surface area contributed by atoms with Crippen LogP contribution in [-0.2, 0) is 16.6 Å². The van der Waals surface area contributed by atoms with Gasteiger partial charge in [-0.2, -0.15) is 0 Å². The Morgan fingerprint density at radius 3 is 2.46 bits per heavy atom. The van der Waals surface area contributed by atoms with Gasteiger partial charge >= 0.3 is 0 Å². The molecule has 8 heteroatoms. The van der Waals surface area contributed by atoms with Crippen LogP contribution in [0.2, 0.25) is 0 Å². The van der Waals surface area contributed by atoms with E-state index in [1.54, 1.807) is 31.2 Å². The molecule has 0 aliphatic carbocycles. The van der Waals surface area contributed by atoms with Gasteiger partial charge in [0.1, 0.15) is 5.82 Å². The Kier molecular flexibility index (Phi) is 5.20. The van der Waals surface area contributed by atoms with E-state index in [0.29, 0.717) is 5.69 Å². The van der Waals surface area contributed by atoms with Gasteiger partial charge in [-0.25, -0.2) is 18.7 Å². The Hall–Kier alpha value is -2.45. The highest BCUT2D eigenvalue weighted by atomic mass is 32.2. The van der Waals surface area contributed by atoms with Gasteiger partial charge in [-0.1, -0.05) is 24.3 Å². The fraction of sp³-hybridized carbons (Fsp3) is 0.188. The average Bonchev–Trinajstić information content (AvgIpc) is 2.52. The largest absolute Gasteiger partial charge is 0.290 e. The first-order chi connectivity index (χ1) is 11.2. The lowest BCUT2D eigenvalue weighted by Crippen LogP contribution is -2.31. The quantitative estimate of drug-likeness (QED) is 0.487. The van der Waals surface area contributed by atoms with E-state index >= 15 is 0 Å². The lowest BCUT2D eigenvalue weighted by Gasteiger charge is -2.24. The molecule has 0 saturated carbocycles. The molecule has 0 spiro atoms. The Bertz CT molecular complexity index is 869. The van der Waals surface area contributed by atoms with Crippen LogP contribution in [0.5, 0.6) is 0 Å². The van der Waals surface area contributed by atoms with E-state index in [1.165, 1.54) is 12.1 Å². The molecule has 0 fully saturated rings. The topological polar surface area (TPSA) is 92.5 Å². The summed E-state index contributed by atoms with van der Waals surface area (Å²) >= 11 is 0. The zero-order valence-corrected chi connectivity index (χ0v) is 14.1. The van der Waals surface area contributed by atoms with Crippen LogP contribution in [0.3, 0.4) is 0 Å². The molecule has 24 heavy (non-hydrogen) atoms. The highest BCUT2D eigenvalue weighted by Gasteiger charge is 2.21. The molecule has 0 aliphatic heterocycles. The molecule has 0 bridgehead atoms. The molecule has 128 valence electrons. The van der Waals surface area contributed by atoms with Crippen LogP contribution in [0, 0.1) is 12.7 Å². The van der Waals surface area contributed by atoms with E-state index in [1.807, 2.05) is 5.43 Å². The lowest BCUT2D eigenvalue weighted by molar-refractivity contribution is 0.0953. The zero-order chi connectivity index (χ0) is 17.9. The summed E-state index contributed by atoms with van der Waals surface area (Å²) in [5.74, 6) is 3.71. The van der Waals surface area contributed by atoms with Crippen molar-refractivity contribution in [3.63, 3.8) is 0 Å². The summed E-state index contributed by atoms with van der Waals surface area (Å²) in [4.78, 5) is 11.4. The molecule has 0 radical (unpaired) electrons. The van der Waals surface area contributed by atoms with Crippen molar-refractivity contribution in [3.05, 3.63) is 65.0 Å².